The number of allylic oxidation sites excluding steroid dienone is 1. The minimum atomic E-state index is 0.589. The third kappa shape index (κ3) is 3.70. The summed E-state index contributed by atoms with van der Waals surface area (Å²) in [5, 5.41) is 3.45. The van der Waals surface area contributed by atoms with Crippen molar-refractivity contribution in [3.63, 3.8) is 0 Å². The lowest BCUT2D eigenvalue weighted by molar-refractivity contribution is 0.494. The van der Waals surface area contributed by atoms with Crippen molar-refractivity contribution in [1.82, 2.24) is 14.9 Å². The van der Waals surface area contributed by atoms with Crippen LogP contribution < -0.4 is 5.32 Å². The zero-order valence-corrected chi connectivity index (χ0v) is 11.7. The van der Waals surface area contributed by atoms with Gasteiger partial charge in [0.25, 0.3) is 0 Å². The molecule has 0 aromatic carbocycles. The number of aryl methyl sites for hydroxylation is 2. The van der Waals surface area contributed by atoms with E-state index in [0.717, 1.165) is 6.42 Å². The molecule has 1 heterocycles. The quantitative estimate of drug-likeness (QED) is 0.783. The highest BCUT2D eigenvalue weighted by Gasteiger charge is 2.12. The van der Waals surface area contributed by atoms with Crippen molar-refractivity contribution < 1.29 is 0 Å². The number of aromatic nitrogens is 2. The van der Waals surface area contributed by atoms with E-state index in [4.69, 9.17) is 0 Å². The lowest BCUT2D eigenvalue weighted by atomic mass is 9.93. The van der Waals surface area contributed by atoms with E-state index < -0.39 is 0 Å². The first kappa shape index (κ1) is 13.3. The van der Waals surface area contributed by atoms with Gasteiger partial charge in [-0.25, -0.2) is 4.98 Å². The van der Waals surface area contributed by atoms with Gasteiger partial charge in [-0.1, -0.05) is 11.6 Å². The van der Waals surface area contributed by atoms with Crippen molar-refractivity contribution in [2.45, 2.75) is 51.0 Å². The van der Waals surface area contributed by atoms with Crippen molar-refractivity contribution in [1.29, 1.82) is 0 Å². The number of rotatable bonds is 6. The van der Waals surface area contributed by atoms with Crippen LogP contribution in [0.4, 0.5) is 0 Å². The topological polar surface area (TPSA) is 29.9 Å². The van der Waals surface area contributed by atoms with Crippen LogP contribution in [-0.2, 0) is 13.5 Å². The molecule has 0 spiro atoms. The summed E-state index contributed by atoms with van der Waals surface area (Å²) in [4.78, 5) is 4.39. The Morgan fingerprint density at radius 1 is 1.44 bits per heavy atom. The maximum atomic E-state index is 4.39. The Bertz CT molecular complexity index is 392. The molecule has 0 fully saturated rings. The van der Waals surface area contributed by atoms with Crippen molar-refractivity contribution in [2.75, 3.05) is 7.05 Å². The SMILES string of the molecule is CNC(CCc1nccn1C)CC1=CCCCC1. The largest absolute Gasteiger partial charge is 0.338 e. The Kier molecular flexibility index (Phi) is 5.00. The van der Waals surface area contributed by atoms with E-state index >= 15 is 0 Å². The highest BCUT2D eigenvalue weighted by molar-refractivity contribution is 5.07. The number of imidazole rings is 1. The van der Waals surface area contributed by atoms with Crippen molar-refractivity contribution >= 4 is 0 Å². The predicted octanol–water partition coefficient (Wildman–Crippen LogP) is 2.83. The summed E-state index contributed by atoms with van der Waals surface area (Å²) in [7, 11) is 4.15. The van der Waals surface area contributed by atoms with Crippen LogP contribution in [0.3, 0.4) is 0 Å². The number of hydrogen-bond donors (Lipinski definition) is 1. The smallest absolute Gasteiger partial charge is 0.108 e. The minimum Gasteiger partial charge on any atom is -0.338 e. The second-order valence-corrected chi connectivity index (χ2v) is 5.29. The zero-order chi connectivity index (χ0) is 12.8. The zero-order valence-electron chi connectivity index (χ0n) is 11.7. The highest BCUT2D eigenvalue weighted by Crippen LogP contribution is 2.22. The Morgan fingerprint density at radius 2 is 2.33 bits per heavy atom. The monoisotopic (exact) mass is 247 g/mol. The summed E-state index contributed by atoms with van der Waals surface area (Å²) in [5.74, 6) is 1.19. The summed E-state index contributed by atoms with van der Waals surface area (Å²) in [6.07, 6.45) is 15.1. The van der Waals surface area contributed by atoms with Gasteiger partial charge in [0.1, 0.15) is 5.82 Å². The van der Waals surface area contributed by atoms with Gasteiger partial charge in [-0.15, -0.1) is 0 Å². The molecule has 1 atom stereocenters. The van der Waals surface area contributed by atoms with E-state index in [0.29, 0.717) is 6.04 Å². The van der Waals surface area contributed by atoms with Gasteiger partial charge >= 0.3 is 0 Å². The molecular formula is C15H25N3. The highest BCUT2D eigenvalue weighted by atomic mass is 15.0. The maximum absolute atomic E-state index is 4.39. The standard InChI is InChI=1S/C15H25N3/c1-16-14(12-13-6-4-3-5-7-13)8-9-15-17-10-11-18(15)2/h6,10-11,14,16H,3-5,7-9,12H2,1-2H3. The molecule has 1 N–H and O–H groups in total. The average Bonchev–Trinajstić information content (AvgIpc) is 2.81. The molecule has 3 heteroatoms. The molecule has 1 aromatic rings. The van der Waals surface area contributed by atoms with Crippen molar-refractivity contribution in [2.24, 2.45) is 7.05 Å². The molecule has 1 aromatic heterocycles. The molecule has 0 radical (unpaired) electrons. The minimum absolute atomic E-state index is 0.589. The fraction of sp³-hybridized carbons (Fsp3) is 0.667. The summed E-state index contributed by atoms with van der Waals surface area (Å²) in [5.41, 5.74) is 1.65. The van der Waals surface area contributed by atoms with Gasteiger partial charge in [-0.2, -0.15) is 0 Å². The van der Waals surface area contributed by atoms with Crippen LogP contribution in [0.5, 0.6) is 0 Å². The first-order valence-corrected chi connectivity index (χ1v) is 7.11. The molecular weight excluding hydrogens is 222 g/mol. The van der Waals surface area contributed by atoms with Crippen molar-refractivity contribution in [3.8, 4) is 0 Å². The van der Waals surface area contributed by atoms with Crippen LogP contribution in [0.2, 0.25) is 0 Å². The fourth-order valence-corrected chi connectivity index (χ4v) is 2.70. The molecule has 0 bridgehead atoms. The lowest BCUT2D eigenvalue weighted by Crippen LogP contribution is -2.27. The van der Waals surface area contributed by atoms with Gasteiger partial charge in [-0.05, 0) is 45.6 Å². The number of hydrogen-bond acceptors (Lipinski definition) is 2. The van der Waals surface area contributed by atoms with Gasteiger partial charge < -0.3 is 9.88 Å². The molecule has 0 aliphatic heterocycles. The number of nitrogens with one attached hydrogen (secondary N) is 1. The normalized spacial score (nSPS) is 17.6. The van der Waals surface area contributed by atoms with E-state index in [9.17, 15) is 0 Å². The van der Waals surface area contributed by atoms with Gasteiger partial charge in [0.15, 0.2) is 0 Å². The van der Waals surface area contributed by atoms with Crippen LogP contribution in [0.1, 0.15) is 44.3 Å². The van der Waals surface area contributed by atoms with Crippen LogP contribution in [0.15, 0.2) is 24.0 Å². The molecule has 2 rings (SSSR count). The molecule has 0 amide bonds. The van der Waals surface area contributed by atoms with Crippen LogP contribution in [-0.4, -0.2) is 22.6 Å². The lowest BCUT2D eigenvalue weighted by Gasteiger charge is -2.20. The van der Waals surface area contributed by atoms with Gasteiger partial charge in [0.2, 0.25) is 0 Å². The summed E-state index contributed by atoms with van der Waals surface area (Å²) >= 11 is 0. The van der Waals surface area contributed by atoms with E-state index in [2.05, 4.69) is 35.0 Å². The van der Waals surface area contributed by atoms with Crippen LogP contribution in [0.25, 0.3) is 0 Å². The summed E-state index contributed by atoms with van der Waals surface area (Å²) in [6, 6.07) is 0.589. The fourth-order valence-electron chi connectivity index (χ4n) is 2.70. The third-order valence-electron chi connectivity index (χ3n) is 3.94. The Labute approximate surface area is 110 Å². The molecule has 1 aliphatic carbocycles. The van der Waals surface area contributed by atoms with Gasteiger partial charge in [0, 0.05) is 31.9 Å². The Morgan fingerprint density at radius 3 is 2.94 bits per heavy atom. The average molecular weight is 247 g/mol. The molecule has 0 saturated carbocycles. The summed E-state index contributed by atoms with van der Waals surface area (Å²) < 4.78 is 2.12. The van der Waals surface area contributed by atoms with E-state index in [1.807, 2.05) is 12.4 Å². The second-order valence-electron chi connectivity index (χ2n) is 5.29. The van der Waals surface area contributed by atoms with Gasteiger partial charge in [-0.3, -0.25) is 0 Å². The Balaban J connectivity index is 1.82. The molecule has 1 aliphatic rings. The van der Waals surface area contributed by atoms with E-state index in [-0.39, 0.29) is 0 Å². The van der Waals surface area contributed by atoms with Gasteiger partial charge in [0.05, 0.1) is 0 Å². The third-order valence-corrected chi connectivity index (χ3v) is 3.94. The maximum Gasteiger partial charge on any atom is 0.108 e. The van der Waals surface area contributed by atoms with Crippen LogP contribution >= 0.6 is 0 Å². The first-order chi connectivity index (χ1) is 8.79. The molecule has 0 saturated heterocycles. The van der Waals surface area contributed by atoms with Crippen LogP contribution in [0, 0.1) is 0 Å². The summed E-state index contributed by atoms with van der Waals surface area (Å²) in [6.45, 7) is 0. The van der Waals surface area contributed by atoms with E-state index in [1.165, 1.54) is 44.3 Å². The molecule has 3 nitrogen and oxygen atoms in total. The first-order valence-electron chi connectivity index (χ1n) is 7.11. The molecule has 18 heavy (non-hydrogen) atoms. The second kappa shape index (κ2) is 6.74. The molecule has 100 valence electrons. The Hall–Kier alpha value is -1.09. The number of nitrogens with zero attached hydrogens (tertiary/aromatic N) is 2. The predicted molar refractivity (Wildman–Crippen MR) is 75.5 cm³/mol. The molecule has 1 unspecified atom stereocenters. The van der Waals surface area contributed by atoms with Crippen molar-refractivity contribution in [3.05, 3.63) is 29.9 Å². The van der Waals surface area contributed by atoms with E-state index in [1.54, 1.807) is 5.57 Å².